The largest absolute Gasteiger partial charge is 0.319 e. The normalized spacial score (nSPS) is 11.9. The van der Waals surface area contributed by atoms with E-state index in [2.05, 4.69) is 15.3 Å². The Morgan fingerprint density at radius 1 is 1.50 bits per heavy atom. The molecule has 0 radical (unpaired) electrons. The van der Waals surface area contributed by atoms with Gasteiger partial charge in [0.2, 0.25) is 0 Å². The molecule has 0 saturated carbocycles. The van der Waals surface area contributed by atoms with E-state index in [1.54, 1.807) is 17.9 Å². The highest BCUT2D eigenvalue weighted by atomic mass is 35.7. The highest BCUT2D eigenvalue weighted by Gasteiger charge is 2.13. The molecule has 0 fully saturated rings. The number of halogens is 1. The quantitative estimate of drug-likeness (QED) is 0.726. The lowest BCUT2D eigenvalue weighted by atomic mass is 10.6. The van der Waals surface area contributed by atoms with E-state index in [-0.39, 0.29) is 4.90 Å². The lowest BCUT2D eigenvalue weighted by molar-refractivity contribution is 0.608. The van der Waals surface area contributed by atoms with E-state index in [1.807, 2.05) is 0 Å². The predicted octanol–water partition coefficient (Wildman–Crippen LogP) is -0.0126. The minimum atomic E-state index is -3.72. The van der Waals surface area contributed by atoms with E-state index in [0.717, 1.165) is 0 Å². The van der Waals surface area contributed by atoms with Gasteiger partial charge in [0.1, 0.15) is 17.8 Å². The second-order valence-corrected chi connectivity index (χ2v) is 5.74. The standard InChI is InChI=1S/C7H8ClN5O2S/c1-12-5-9-11-7(12)4-13-3-6(2-10-13)16(8,14)15/h2-3,5H,4H2,1H3. The fraction of sp³-hybridized carbons (Fsp3) is 0.286. The van der Waals surface area contributed by atoms with E-state index in [0.29, 0.717) is 12.4 Å². The zero-order chi connectivity index (χ0) is 11.8. The van der Waals surface area contributed by atoms with E-state index in [4.69, 9.17) is 10.7 Å². The molecule has 0 saturated heterocycles. The van der Waals surface area contributed by atoms with Crippen molar-refractivity contribution in [3.8, 4) is 0 Å². The summed E-state index contributed by atoms with van der Waals surface area (Å²) < 4.78 is 25.1. The number of aromatic nitrogens is 5. The fourth-order valence-electron chi connectivity index (χ4n) is 1.15. The summed E-state index contributed by atoms with van der Waals surface area (Å²) in [6.45, 7) is 0.336. The number of aryl methyl sites for hydroxylation is 1. The molecule has 2 aromatic rings. The van der Waals surface area contributed by atoms with Crippen molar-refractivity contribution in [2.24, 2.45) is 7.05 Å². The first-order valence-electron chi connectivity index (χ1n) is 4.27. The molecule has 0 aliphatic heterocycles. The molecule has 2 rings (SSSR count). The molecule has 0 bridgehead atoms. The van der Waals surface area contributed by atoms with Crippen LogP contribution in [0.1, 0.15) is 5.82 Å². The summed E-state index contributed by atoms with van der Waals surface area (Å²) in [5.74, 6) is 0.668. The summed E-state index contributed by atoms with van der Waals surface area (Å²) in [5.41, 5.74) is 0. The second kappa shape index (κ2) is 3.87. The van der Waals surface area contributed by atoms with Crippen molar-refractivity contribution in [1.82, 2.24) is 24.5 Å². The summed E-state index contributed by atoms with van der Waals surface area (Å²) in [4.78, 5) is -0.0312. The van der Waals surface area contributed by atoms with Crippen molar-refractivity contribution >= 4 is 19.7 Å². The first-order chi connectivity index (χ1) is 7.47. The molecular formula is C7H8ClN5O2S. The van der Waals surface area contributed by atoms with Gasteiger partial charge in [0.25, 0.3) is 9.05 Å². The molecule has 0 atom stereocenters. The van der Waals surface area contributed by atoms with Crippen LogP contribution in [0.2, 0.25) is 0 Å². The highest BCUT2D eigenvalue weighted by molar-refractivity contribution is 8.13. The van der Waals surface area contributed by atoms with Gasteiger partial charge in [-0.05, 0) is 0 Å². The van der Waals surface area contributed by atoms with Gasteiger partial charge in [-0.1, -0.05) is 0 Å². The Hall–Kier alpha value is -1.41. The molecule has 0 aliphatic carbocycles. The Morgan fingerprint density at radius 3 is 2.75 bits per heavy atom. The maximum atomic E-state index is 11.0. The van der Waals surface area contributed by atoms with Gasteiger partial charge in [-0.3, -0.25) is 4.68 Å². The van der Waals surface area contributed by atoms with Gasteiger partial charge >= 0.3 is 0 Å². The summed E-state index contributed by atoms with van der Waals surface area (Å²) in [7, 11) is 3.24. The van der Waals surface area contributed by atoms with Crippen LogP contribution in [-0.4, -0.2) is 33.0 Å². The van der Waals surface area contributed by atoms with Gasteiger partial charge in [-0.2, -0.15) is 5.10 Å². The topological polar surface area (TPSA) is 82.7 Å². The Morgan fingerprint density at radius 2 is 2.25 bits per heavy atom. The Balaban J connectivity index is 2.25. The van der Waals surface area contributed by atoms with Gasteiger partial charge in [0, 0.05) is 23.9 Å². The smallest absolute Gasteiger partial charge is 0.264 e. The summed E-state index contributed by atoms with van der Waals surface area (Å²) in [5, 5.41) is 11.4. The molecule has 0 aliphatic rings. The van der Waals surface area contributed by atoms with E-state index in [1.165, 1.54) is 17.1 Å². The zero-order valence-corrected chi connectivity index (χ0v) is 9.85. The number of hydrogen-bond acceptors (Lipinski definition) is 5. The molecule has 2 heterocycles. The van der Waals surface area contributed by atoms with Crippen LogP contribution in [0.3, 0.4) is 0 Å². The van der Waals surface area contributed by atoms with Crippen molar-refractivity contribution in [1.29, 1.82) is 0 Å². The third-order valence-corrected chi connectivity index (χ3v) is 3.31. The minimum Gasteiger partial charge on any atom is -0.319 e. The summed E-state index contributed by atoms with van der Waals surface area (Å²) in [6, 6.07) is 0. The minimum absolute atomic E-state index is 0.0312. The van der Waals surface area contributed by atoms with Crippen LogP contribution in [0, 0.1) is 0 Å². The Kier molecular flexibility index (Phi) is 2.68. The van der Waals surface area contributed by atoms with E-state index < -0.39 is 9.05 Å². The summed E-state index contributed by atoms with van der Waals surface area (Å²) in [6.07, 6.45) is 4.09. The molecule has 2 aromatic heterocycles. The molecule has 86 valence electrons. The lowest BCUT2D eigenvalue weighted by Crippen LogP contribution is -2.06. The molecule has 0 N–H and O–H groups in total. The SMILES string of the molecule is Cn1cnnc1Cn1cc(S(=O)(=O)Cl)cn1. The molecule has 9 heteroatoms. The van der Waals surface area contributed by atoms with Crippen LogP contribution in [0.25, 0.3) is 0 Å². The first kappa shape index (κ1) is 11.1. The Labute approximate surface area is 96.1 Å². The molecule has 0 unspecified atom stereocenters. The van der Waals surface area contributed by atoms with Crippen LogP contribution < -0.4 is 0 Å². The number of nitrogens with zero attached hydrogens (tertiary/aromatic N) is 5. The molecule has 7 nitrogen and oxygen atoms in total. The third kappa shape index (κ3) is 2.22. The van der Waals surface area contributed by atoms with Gasteiger partial charge in [-0.15, -0.1) is 10.2 Å². The van der Waals surface area contributed by atoms with Crippen molar-refractivity contribution in [3.63, 3.8) is 0 Å². The lowest BCUT2D eigenvalue weighted by Gasteiger charge is -1.99. The molecule has 0 spiro atoms. The van der Waals surface area contributed by atoms with Gasteiger partial charge in [0.05, 0.1) is 6.20 Å². The van der Waals surface area contributed by atoms with Crippen molar-refractivity contribution < 1.29 is 8.42 Å². The fourth-order valence-corrected chi connectivity index (χ4v) is 1.81. The van der Waals surface area contributed by atoms with E-state index >= 15 is 0 Å². The molecular weight excluding hydrogens is 254 g/mol. The van der Waals surface area contributed by atoms with Gasteiger partial charge in [0.15, 0.2) is 5.82 Å². The molecule has 0 aromatic carbocycles. The highest BCUT2D eigenvalue weighted by Crippen LogP contribution is 2.13. The average molecular weight is 262 g/mol. The number of hydrogen-bond donors (Lipinski definition) is 0. The van der Waals surface area contributed by atoms with Crippen LogP contribution in [0.4, 0.5) is 0 Å². The van der Waals surface area contributed by atoms with Crippen LogP contribution in [0.5, 0.6) is 0 Å². The second-order valence-electron chi connectivity index (χ2n) is 3.17. The van der Waals surface area contributed by atoms with Crippen LogP contribution in [0.15, 0.2) is 23.6 Å². The monoisotopic (exact) mass is 261 g/mol. The third-order valence-electron chi connectivity index (χ3n) is 2.00. The Bertz CT molecular complexity index is 602. The molecule has 16 heavy (non-hydrogen) atoms. The summed E-state index contributed by atoms with van der Waals surface area (Å²) >= 11 is 0. The van der Waals surface area contributed by atoms with Crippen LogP contribution >= 0.6 is 10.7 Å². The predicted molar refractivity (Wildman–Crippen MR) is 55.4 cm³/mol. The zero-order valence-electron chi connectivity index (χ0n) is 8.28. The molecule has 0 amide bonds. The first-order valence-corrected chi connectivity index (χ1v) is 6.58. The van der Waals surface area contributed by atoms with Crippen molar-refractivity contribution in [2.45, 2.75) is 11.4 Å². The van der Waals surface area contributed by atoms with Crippen LogP contribution in [-0.2, 0) is 22.6 Å². The number of rotatable bonds is 3. The average Bonchev–Trinajstić information content (AvgIpc) is 2.76. The maximum Gasteiger partial charge on any atom is 0.264 e. The maximum absolute atomic E-state index is 11.0. The van der Waals surface area contributed by atoms with Gasteiger partial charge in [-0.25, -0.2) is 8.42 Å². The van der Waals surface area contributed by atoms with Crippen molar-refractivity contribution in [3.05, 3.63) is 24.5 Å². The van der Waals surface area contributed by atoms with Crippen molar-refractivity contribution in [2.75, 3.05) is 0 Å². The van der Waals surface area contributed by atoms with Gasteiger partial charge < -0.3 is 4.57 Å². The van der Waals surface area contributed by atoms with E-state index in [9.17, 15) is 8.42 Å².